The van der Waals surface area contributed by atoms with E-state index in [9.17, 15) is 0 Å². The number of thiophene rings is 1. The standard InChI is InChI=1S/C17H21N5OS/c1-13-16(20-17(23-13)14-5-7-24-10-14)9-21-6-3-2-4-15(21)8-22-12-18-11-19-22/h5,7,10-12,15H,2-4,6,8-9H2,1H3/t15-/m0/s1. The van der Waals surface area contributed by atoms with Crippen LogP contribution in [-0.4, -0.2) is 37.2 Å². The summed E-state index contributed by atoms with van der Waals surface area (Å²) in [5, 5.41) is 8.37. The van der Waals surface area contributed by atoms with E-state index in [1.54, 1.807) is 24.0 Å². The van der Waals surface area contributed by atoms with Gasteiger partial charge < -0.3 is 4.42 Å². The minimum Gasteiger partial charge on any atom is -0.441 e. The Balaban J connectivity index is 1.50. The fourth-order valence-electron chi connectivity index (χ4n) is 3.29. The van der Waals surface area contributed by atoms with Crippen molar-refractivity contribution in [1.29, 1.82) is 0 Å². The molecule has 4 rings (SSSR count). The first-order valence-corrected chi connectivity index (χ1v) is 9.29. The highest BCUT2D eigenvalue weighted by molar-refractivity contribution is 7.08. The molecule has 0 radical (unpaired) electrons. The van der Waals surface area contributed by atoms with Crippen LogP contribution in [0.5, 0.6) is 0 Å². The molecule has 0 unspecified atom stereocenters. The van der Waals surface area contributed by atoms with Crippen molar-refractivity contribution in [1.82, 2.24) is 24.6 Å². The minimum absolute atomic E-state index is 0.473. The van der Waals surface area contributed by atoms with E-state index in [-0.39, 0.29) is 0 Å². The van der Waals surface area contributed by atoms with Crippen molar-refractivity contribution in [3.63, 3.8) is 0 Å². The lowest BCUT2D eigenvalue weighted by molar-refractivity contribution is 0.120. The monoisotopic (exact) mass is 343 g/mol. The summed E-state index contributed by atoms with van der Waals surface area (Å²) in [6.45, 7) is 4.82. The summed E-state index contributed by atoms with van der Waals surface area (Å²) in [6.07, 6.45) is 7.09. The number of hydrogen-bond acceptors (Lipinski definition) is 6. The summed E-state index contributed by atoms with van der Waals surface area (Å²) in [4.78, 5) is 11.3. The molecule has 0 N–H and O–H groups in total. The first-order chi connectivity index (χ1) is 11.8. The van der Waals surface area contributed by atoms with E-state index in [1.165, 1.54) is 19.3 Å². The van der Waals surface area contributed by atoms with Crippen LogP contribution < -0.4 is 0 Å². The van der Waals surface area contributed by atoms with Gasteiger partial charge in [-0.2, -0.15) is 16.4 Å². The van der Waals surface area contributed by atoms with Crippen molar-refractivity contribution >= 4 is 11.3 Å². The molecular formula is C17H21N5OS. The van der Waals surface area contributed by atoms with Crippen LogP contribution in [0.3, 0.4) is 0 Å². The fourth-order valence-corrected chi connectivity index (χ4v) is 3.92. The second-order valence-electron chi connectivity index (χ2n) is 6.27. The highest BCUT2D eigenvalue weighted by Gasteiger charge is 2.25. The van der Waals surface area contributed by atoms with E-state index in [1.807, 2.05) is 23.1 Å². The van der Waals surface area contributed by atoms with E-state index in [0.29, 0.717) is 6.04 Å². The van der Waals surface area contributed by atoms with Crippen LogP contribution in [0.25, 0.3) is 11.5 Å². The maximum atomic E-state index is 5.88. The van der Waals surface area contributed by atoms with Gasteiger partial charge in [-0.15, -0.1) is 0 Å². The molecule has 0 aromatic carbocycles. The molecule has 0 aliphatic carbocycles. The number of rotatable bonds is 5. The Morgan fingerprint density at radius 1 is 1.38 bits per heavy atom. The average molecular weight is 343 g/mol. The molecule has 3 aromatic rings. The molecule has 1 atom stereocenters. The molecule has 0 bridgehead atoms. The first kappa shape index (κ1) is 15.5. The zero-order chi connectivity index (χ0) is 16.4. The number of nitrogens with zero attached hydrogens (tertiary/aromatic N) is 5. The maximum Gasteiger partial charge on any atom is 0.227 e. The smallest absolute Gasteiger partial charge is 0.227 e. The summed E-state index contributed by atoms with van der Waals surface area (Å²) in [6, 6.07) is 2.52. The summed E-state index contributed by atoms with van der Waals surface area (Å²) in [5.41, 5.74) is 2.11. The highest BCUT2D eigenvalue weighted by Crippen LogP contribution is 2.26. The van der Waals surface area contributed by atoms with Gasteiger partial charge in [-0.05, 0) is 37.8 Å². The van der Waals surface area contributed by atoms with Crippen LogP contribution in [-0.2, 0) is 13.1 Å². The molecule has 126 valence electrons. The Labute approximate surface area is 145 Å². The van der Waals surface area contributed by atoms with E-state index in [4.69, 9.17) is 9.40 Å². The van der Waals surface area contributed by atoms with E-state index < -0.39 is 0 Å². The van der Waals surface area contributed by atoms with Gasteiger partial charge in [-0.1, -0.05) is 6.42 Å². The lowest BCUT2D eigenvalue weighted by Crippen LogP contribution is -2.41. The third-order valence-electron chi connectivity index (χ3n) is 4.63. The second kappa shape index (κ2) is 6.86. The first-order valence-electron chi connectivity index (χ1n) is 8.35. The molecule has 0 amide bonds. The fraction of sp³-hybridized carbons (Fsp3) is 0.471. The number of aryl methyl sites for hydroxylation is 1. The average Bonchev–Trinajstić information content (AvgIpc) is 3.32. The summed E-state index contributed by atoms with van der Waals surface area (Å²) >= 11 is 1.66. The summed E-state index contributed by atoms with van der Waals surface area (Å²) in [5.74, 6) is 1.65. The van der Waals surface area contributed by atoms with Gasteiger partial charge in [0, 0.05) is 23.5 Å². The molecule has 7 heteroatoms. The van der Waals surface area contributed by atoms with E-state index in [0.717, 1.165) is 42.5 Å². The van der Waals surface area contributed by atoms with Crippen molar-refractivity contribution in [2.24, 2.45) is 0 Å². The molecule has 0 saturated carbocycles. The van der Waals surface area contributed by atoms with Crippen LogP contribution in [0, 0.1) is 6.92 Å². The second-order valence-corrected chi connectivity index (χ2v) is 7.05. The molecule has 1 fully saturated rings. The molecule has 3 aromatic heterocycles. The SMILES string of the molecule is Cc1oc(-c2ccsc2)nc1CN1CCCC[C@H]1Cn1cncn1. The Hall–Kier alpha value is -1.99. The third-order valence-corrected chi connectivity index (χ3v) is 5.31. The largest absolute Gasteiger partial charge is 0.441 e. The summed E-state index contributed by atoms with van der Waals surface area (Å²) in [7, 11) is 0. The molecule has 0 spiro atoms. The predicted molar refractivity (Wildman–Crippen MR) is 92.6 cm³/mol. The Kier molecular flexibility index (Phi) is 4.44. The molecule has 1 saturated heterocycles. The number of piperidine rings is 1. The Bertz CT molecular complexity index is 765. The van der Waals surface area contributed by atoms with Crippen molar-refractivity contribution in [2.75, 3.05) is 6.54 Å². The molecule has 6 nitrogen and oxygen atoms in total. The van der Waals surface area contributed by atoms with Crippen LogP contribution in [0.1, 0.15) is 30.7 Å². The van der Waals surface area contributed by atoms with Gasteiger partial charge in [0.05, 0.1) is 12.2 Å². The number of likely N-dealkylation sites (tertiary alicyclic amines) is 1. The van der Waals surface area contributed by atoms with Gasteiger partial charge in [0.25, 0.3) is 0 Å². The normalized spacial score (nSPS) is 19.0. The summed E-state index contributed by atoms with van der Waals surface area (Å²) < 4.78 is 7.81. The van der Waals surface area contributed by atoms with Gasteiger partial charge in [0.2, 0.25) is 5.89 Å². The number of oxazole rings is 1. The van der Waals surface area contributed by atoms with Crippen molar-refractivity contribution in [2.45, 2.75) is 45.3 Å². The lowest BCUT2D eigenvalue weighted by Gasteiger charge is -2.35. The van der Waals surface area contributed by atoms with Crippen LogP contribution in [0.2, 0.25) is 0 Å². The molecular weight excluding hydrogens is 322 g/mol. The number of hydrogen-bond donors (Lipinski definition) is 0. The van der Waals surface area contributed by atoms with Crippen molar-refractivity contribution in [3.05, 3.63) is 40.9 Å². The van der Waals surface area contributed by atoms with Crippen molar-refractivity contribution < 1.29 is 4.42 Å². The maximum absolute atomic E-state index is 5.88. The predicted octanol–water partition coefficient (Wildman–Crippen LogP) is 3.36. The van der Waals surface area contributed by atoms with E-state index in [2.05, 4.69) is 20.4 Å². The Morgan fingerprint density at radius 3 is 3.12 bits per heavy atom. The Morgan fingerprint density at radius 2 is 2.33 bits per heavy atom. The third kappa shape index (κ3) is 3.27. The van der Waals surface area contributed by atoms with Crippen molar-refractivity contribution in [3.8, 4) is 11.5 Å². The minimum atomic E-state index is 0.473. The van der Waals surface area contributed by atoms with Gasteiger partial charge >= 0.3 is 0 Å². The quantitative estimate of drug-likeness (QED) is 0.711. The topological polar surface area (TPSA) is 60.0 Å². The zero-order valence-electron chi connectivity index (χ0n) is 13.8. The van der Waals surface area contributed by atoms with Crippen LogP contribution >= 0.6 is 11.3 Å². The van der Waals surface area contributed by atoms with Crippen LogP contribution in [0.4, 0.5) is 0 Å². The van der Waals surface area contributed by atoms with Crippen LogP contribution in [0.15, 0.2) is 33.9 Å². The highest BCUT2D eigenvalue weighted by atomic mass is 32.1. The molecule has 1 aliphatic rings. The van der Waals surface area contributed by atoms with Gasteiger partial charge in [0.1, 0.15) is 18.4 Å². The van der Waals surface area contributed by atoms with Gasteiger partial charge in [0.15, 0.2) is 0 Å². The molecule has 1 aliphatic heterocycles. The lowest BCUT2D eigenvalue weighted by atomic mass is 10.0. The van der Waals surface area contributed by atoms with Gasteiger partial charge in [-0.3, -0.25) is 9.58 Å². The molecule has 4 heterocycles. The van der Waals surface area contributed by atoms with Gasteiger partial charge in [-0.25, -0.2) is 9.97 Å². The molecule has 24 heavy (non-hydrogen) atoms. The number of aromatic nitrogens is 4. The van der Waals surface area contributed by atoms with E-state index >= 15 is 0 Å². The zero-order valence-corrected chi connectivity index (χ0v) is 14.6.